The first-order valence-electron chi connectivity index (χ1n) is 8.53. The van der Waals surface area contributed by atoms with Gasteiger partial charge in [-0.15, -0.1) is 0 Å². The second-order valence-corrected chi connectivity index (χ2v) is 7.08. The molecule has 0 spiro atoms. The maximum Gasteiger partial charge on any atom is 0.263 e. The molecule has 1 aliphatic rings. The van der Waals surface area contributed by atoms with Crippen molar-refractivity contribution in [2.24, 2.45) is 0 Å². The van der Waals surface area contributed by atoms with E-state index in [0.717, 1.165) is 25.0 Å². The molecule has 0 aliphatic carbocycles. The van der Waals surface area contributed by atoms with Crippen molar-refractivity contribution in [3.8, 4) is 5.06 Å². The predicted molar refractivity (Wildman–Crippen MR) is 96.5 cm³/mol. The summed E-state index contributed by atoms with van der Waals surface area (Å²) in [6.45, 7) is 7.21. The van der Waals surface area contributed by atoms with Gasteiger partial charge in [0, 0.05) is 18.7 Å². The van der Waals surface area contributed by atoms with Crippen LogP contribution in [0.15, 0.2) is 4.79 Å². The summed E-state index contributed by atoms with van der Waals surface area (Å²) in [4.78, 5) is 30.2. The van der Waals surface area contributed by atoms with Crippen molar-refractivity contribution >= 4 is 27.5 Å². The van der Waals surface area contributed by atoms with E-state index in [1.54, 1.807) is 6.92 Å². The minimum atomic E-state index is -0.209. The number of nitrogens with one attached hydrogen (secondary N) is 1. The van der Waals surface area contributed by atoms with Crippen molar-refractivity contribution in [3.63, 3.8) is 0 Å². The average Bonchev–Trinajstić information content (AvgIpc) is 3.19. The van der Waals surface area contributed by atoms with Crippen molar-refractivity contribution in [1.29, 1.82) is 0 Å². The van der Waals surface area contributed by atoms with E-state index in [1.165, 1.54) is 15.9 Å². The van der Waals surface area contributed by atoms with Crippen LogP contribution in [0.3, 0.4) is 0 Å². The van der Waals surface area contributed by atoms with Crippen LogP contribution in [0.2, 0.25) is 0 Å². The van der Waals surface area contributed by atoms with Crippen molar-refractivity contribution in [2.75, 3.05) is 19.8 Å². The van der Waals surface area contributed by atoms with E-state index < -0.39 is 0 Å². The summed E-state index contributed by atoms with van der Waals surface area (Å²) in [5.74, 6) is 0.314. The highest BCUT2D eigenvalue weighted by Gasteiger charge is 2.20. The fourth-order valence-electron chi connectivity index (χ4n) is 2.99. The lowest BCUT2D eigenvalue weighted by Gasteiger charge is -2.13. The van der Waals surface area contributed by atoms with Crippen LogP contribution in [0.25, 0.3) is 10.2 Å². The molecule has 2 aromatic heterocycles. The number of aryl methyl sites for hydroxylation is 2. The summed E-state index contributed by atoms with van der Waals surface area (Å²) < 4.78 is 12.5. The molecular weight excluding hydrogens is 342 g/mol. The first kappa shape index (κ1) is 17.9. The van der Waals surface area contributed by atoms with Gasteiger partial charge in [0.15, 0.2) is 5.06 Å². The van der Waals surface area contributed by atoms with Gasteiger partial charge in [-0.1, -0.05) is 11.3 Å². The van der Waals surface area contributed by atoms with Crippen molar-refractivity contribution < 1.29 is 14.3 Å². The van der Waals surface area contributed by atoms with Gasteiger partial charge in [0.05, 0.1) is 18.1 Å². The molecule has 136 valence electrons. The van der Waals surface area contributed by atoms with Gasteiger partial charge in [-0.05, 0) is 33.6 Å². The van der Waals surface area contributed by atoms with Gasteiger partial charge in [0.1, 0.15) is 17.2 Å². The molecule has 1 unspecified atom stereocenters. The summed E-state index contributed by atoms with van der Waals surface area (Å²) in [5.41, 5.74) is 0.585. The number of fused-ring (bicyclic) bond motifs is 1. The van der Waals surface area contributed by atoms with Crippen LogP contribution >= 0.6 is 11.3 Å². The zero-order valence-corrected chi connectivity index (χ0v) is 15.6. The number of amides is 1. The quantitative estimate of drug-likeness (QED) is 0.844. The molecule has 1 aliphatic heterocycles. The molecule has 0 aromatic carbocycles. The van der Waals surface area contributed by atoms with Crippen LogP contribution in [-0.2, 0) is 16.1 Å². The Morgan fingerprint density at radius 3 is 2.96 bits per heavy atom. The van der Waals surface area contributed by atoms with E-state index >= 15 is 0 Å². The van der Waals surface area contributed by atoms with Crippen LogP contribution in [0.1, 0.15) is 31.2 Å². The van der Waals surface area contributed by atoms with Gasteiger partial charge < -0.3 is 14.8 Å². The smallest absolute Gasteiger partial charge is 0.263 e. The molecule has 25 heavy (non-hydrogen) atoms. The fourth-order valence-corrected chi connectivity index (χ4v) is 4.11. The molecule has 3 rings (SSSR count). The van der Waals surface area contributed by atoms with Crippen molar-refractivity contribution in [3.05, 3.63) is 21.7 Å². The number of ether oxygens (including phenoxy) is 2. The average molecular weight is 365 g/mol. The molecule has 1 fully saturated rings. The monoisotopic (exact) mass is 365 g/mol. The lowest BCUT2D eigenvalue weighted by atomic mass is 10.2. The molecule has 3 heterocycles. The molecule has 1 N–H and O–H groups in total. The Balaban J connectivity index is 1.81. The topological polar surface area (TPSA) is 82.5 Å². The van der Waals surface area contributed by atoms with Crippen molar-refractivity contribution in [2.45, 2.75) is 46.3 Å². The summed E-state index contributed by atoms with van der Waals surface area (Å²) in [6.07, 6.45) is 2.07. The fraction of sp³-hybridized carbons (Fsp3) is 0.588. The van der Waals surface area contributed by atoms with E-state index in [4.69, 9.17) is 9.47 Å². The number of hydrogen-bond donors (Lipinski definition) is 1. The minimum absolute atomic E-state index is 0.0421. The molecule has 2 aromatic rings. The highest BCUT2D eigenvalue weighted by Crippen LogP contribution is 2.34. The SMILES string of the molecule is CCOc1sc2nc(C)n(CC(=O)NCC3CCCO3)c(=O)c2c1C. The van der Waals surface area contributed by atoms with Crippen LogP contribution in [0.4, 0.5) is 0 Å². The number of hydrogen-bond acceptors (Lipinski definition) is 6. The number of aromatic nitrogens is 2. The summed E-state index contributed by atoms with van der Waals surface area (Å²) in [7, 11) is 0. The zero-order chi connectivity index (χ0) is 18.0. The van der Waals surface area contributed by atoms with Crippen molar-refractivity contribution in [1.82, 2.24) is 14.9 Å². The molecular formula is C17H23N3O4S. The van der Waals surface area contributed by atoms with E-state index in [1.807, 2.05) is 13.8 Å². The van der Waals surface area contributed by atoms with Gasteiger partial charge in [-0.3, -0.25) is 14.2 Å². The third-order valence-corrected chi connectivity index (χ3v) is 5.42. The Morgan fingerprint density at radius 1 is 1.48 bits per heavy atom. The lowest BCUT2D eigenvalue weighted by molar-refractivity contribution is -0.122. The Hall–Kier alpha value is -1.93. The Bertz CT molecular complexity index is 837. The van der Waals surface area contributed by atoms with E-state index in [9.17, 15) is 9.59 Å². The lowest BCUT2D eigenvalue weighted by Crippen LogP contribution is -2.37. The Morgan fingerprint density at radius 2 is 2.28 bits per heavy atom. The van der Waals surface area contributed by atoms with Crippen LogP contribution in [-0.4, -0.2) is 41.3 Å². The molecule has 1 saturated heterocycles. The second-order valence-electron chi connectivity index (χ2n) is 6.12. The second kappa shape index (κ2) is 7.53. The third kappa shape index (κ3) is 3.69. The molecule has 1 amide bonds. The summed E-state index contributed by atoms with van der Waals surface area (Å²) in [5, 5.41) is 4.09. The van der Waals surface area contributed by atoms with E-state index in [2.05, 4.69) is 10.3 Å². The molecule has 0 bridgehead atoms. The third-order valence-electron chi connectivity index (χ3n) is 4.33. The molecule has 7 nitrogen and oxygen atoms in total. The van der Waals surface area contributed by atoms with E-state index in [-0.39, 0.29) is 24.1 Å². The van der Waals surface area contributed by atoms with E-state index in [0.29, 0.717) is 34.3 Å². The molecule has 0 saturated carbocycles. The van der Waals surface area contributed by atoms with Crippen LogP contribution in [0.5, 0.6) is 5.06 Å². The number of nitrogens with zero attached hydrogens (tertiary/aromatic N) is 2. The van der Waals surface area contributed by atoms with Gasteiger partial charge in [0.25, 0.3) is 5.56 Å². The first-order valence-corrected chi connectivity index (χ1v) is 9.34. The number of thiophene rings is 1. The minimum Gasteiger partial charge on any atom is -0.484 e. The number of rotatable bonds is 6. The highest BCUT2D eigenvalue weighted by atomic mass is 32.1. The maximum atomic E-state index is 12.9. The van der Waals surface area contributed by atoms with Crippen LogP contribution in [0, 0.1) is 13.8 Å². The maximum absolute atomic E-state index is 12.9. The van der Waals surface area contributed by atoms with Gasteiger partial charge in [0.2, 0.25) is 5.91 Å². The molecule has 8 heteroatoms. The van der Waals surface area contributed by atoms with Gasteiger partial charge in [-0.25, -0.2) is 4.98 Å². The molecule has 1 atom stereocenters. The zero-order valence-electron chi connectivity index (χ0n) is 14.8. The summed E-state index contributed by atoms with van der Waals surface area (Å²) >= 11 is 1.37. The number of carbonyl (C=O) groups is 1. The summed E-state index contributed by atoms with van der Waals surface area (Å²) in [6, 6.07) is 0. The van der Waals surface area contributed by atoms with Gasteiger partial charge >= 0.3 is 0 Å². The highest BCUT2D eigenvalue weighted by molar-refractivity contribution is 7.20. The largest absolute Gasteiger partial charge is 0.484 e. The Kier molecular flexibility index (Phi) is 5.39. The van der Waals surface area contributed by atoms with Gasteiger partial charge in [-0.2, -0.15) is 0 Å². The normalized spacial score (nSPS) is 17.2. The number of carbonyl (C=O) groups excluding carboxylic acids is 1. The Labute approximate surface area is 150 Å². The predicted octanol–water partition coefficient (Wildman–Crippen LogP) is 1.77. The standard InChI is InChI=1S/C17H23N3O4S/c1-4-23-17-10(2)14-15(25-17)19-11(3)20(16(14)22)9-13(21)18-8-12-6-5-7-24-12/h12H,4-9H2,1-3H3,(H,18,21). The molecule has 0 radical (unpaired) electrons. The van der Waals surface area contributed by atoms with Crippen LogP contribution < -0.4 is 15.6 Å². The first-order chi connectivity index (χ1) is 12.0.